The smallest absolute Gasteiger partial charge is 0.142 e. The van der Waals surface area contributed by atoms with Crippen LogP contribution in [-0.2, 0) is 6.54 Å². The predicted octanol–water partition coefficient (Wildman–Crippen LogP) is 2.26. The van der Waals surface area contributed by atoms with E-state index < -0.39 is 0 Å². The van der Waals surface area contributed by atoms with E-state index >= 15 is 0 Å². The fourth-order valence-corrected chi connectivity index (χ4v) is 1.59. The average molecular weight is 231 g/mol. The maximum Gasteiger partial charge on any atom is 0.142 e. The minimum absolute atomic E-state index is 0.220. The highest BCUT2D eigenvalue weighted by Gasteiger charge is 2.07. The summed E-state index contributed by atoms with van der Waals surface area (Å²) in [6.07, 6.45) is 0.934. The van der Waals surface area contributed by atoms with Gasteiger partial charge in [0.1, 0.15) is 5.82 Å². The Hall–Kier alpha value is -0.640. The number of hydrogen-bond acceptors (Lipinski definition) is 2. The van der Waals surface area contributed by atoms with Gasteiger partial charge in [-0.3, -0.25) is 0 Å². The largest absolute Gasteiger partial charge is 0.330 e. The molecule has 0 aliphatic carbocycles. The molecule has 2 N–H and O–H groups in total. The van der Waals surface area contributed by atoms with E-state index in [4.69, 9.17) is 17.3 Å². The van der Waals surface area contributed by atoms with Crippen LogP contribution in [0.2, 0.25) is 5.02 Å². The number of benzene rings is 1. The summed E-state index contributed by atoms with van der Waals surface area (Å²) >= 11 is 5.84. The molecule has 15 heavy (non-hydrogen) atoms. The highest BCUT2D eigenvalue weighted by atomic mass is 35.5. The van der Waals surface area contributed by atoms with Gasteiger partial charge in [-0.2, -0.15) is 0 Å². The third-order valence-corrected chi connectivity index (χ3v) is 2.64. The second kappa shape index (κ2) is 6.05. The van der Waals surface area contributed by atoms with Crippen LogP contribution in [0.3, 0.4) is 0 Å². The maximum atomic E-state index is 13.1. The van der Waals surface area contributed by atoms with E-state index in [0.717, 1.165) is 18.5 Å². The zero-order valence-corrected chi connectivity index (χ0v) is 9.60. The molecule has 1 aromatic rings. The van der Waals surface area contributed by atoms with Crippen LogP contribution < -0.4 is 5.73 Å². The molecule has 0 saturated carbocycles. The van der Waals surface area contributed by atoms with Crippen molar-refractivity contribution in [3.63, 3.8) is 0 Å². The zero-order chi connectivity index (χ0) is 11.3. The third kappa shape index (κ3) is 3.78. The molecule has 0 heterocycles. The second-order valence-corrected chi connectivity index (χ2v) is 3.97. The first-order valence-corrected chi connectivity index (χ1v) is 5.34. The molecule has 0 spiro atoms. The Bertz CT molecular complexity index is 317. The van der Waals surface area contributed by atoms with Crippen molar-refractivity contribution in [3.8, 4) is 0 Å². The predicted molar refractivity (Wildman–Crippen MR) is 61.4 cm³/mol. The Morgan fingerprint density at radius 1 is 1.47 bits per heavy atom. The minimum Gasteiger partial charge on any atom is -0.330 e. The van der Waals surface area contributed by atoms with Crippen molar-refractivity contribution >= 4 is 11.6 Å². The lowest BCUT2D eigenvalue weighted by molar-refractivity contribution is 0.323. The second-order valence-electron chi connectivity index (χ2n) is 3.59. The monoisotopic (exact) mass is 230 g/mol. The van der Waals surface area contributed by atoms with Crippen LogP contribution in [0.15, 0.2) is 18.2 Å². The summed E-state index contributed by atoms with van der Waals surface area (Å²) in [7, 11) is 1.97. The highest BCUT2D eigenvalue weighted by molar-refractivity contribution is 6.31. The van der Waals surface area contributed by atoms with Gasteiger partial charge in [0.15, 0.2) is 0 Å². The van der Waals surface area contributed by atoms with Crippen LogP contribution in [0.4, 0.5) is 4.39 Å². The number of nitrogens with two attached hydrogens (primary N) is 1. The van der Waals surface area contributed by atoms with Gasteiger partial charge in [-0.05, 0) is 38.2 Å². The number of hydrogen-bond donors (Lipinski definition) is 1. The minimum atomic E-state index is -0.360. The van der Waals surface area contributed by atoms with E-state index in [1.165, 1.54) is 6.07 Å². The summed E-state index contributed by atoms with van der Waals surface area (Å²) in [5, 5.41) is 0.220. The van der Waals surface area contributed by atoms with Crippen LogP contribution in [0.1, 0.15) is 12.0 Å². The van der Waals surface area contributed by atoms with Gasteiger partial charge in [0, 0.05) is 6.54 Å². The summed E-state index contributed by atoms with van der Waals surface area (Å²) in [5.74, 6) is -0.360. The molecule has 0 saturated heterocycles. The molecule has 0 aromatic heterocycles. The van der Waals surface area contributed by atoms with Gasteiger partial charge in [-0.15, -0.1) is 0 Å². The number of halogens is 2. The molecule has 0 fully saturated rings. The molecule has 0 aliphatic rings. The molecular weight excluding hydrogens is 215 g/mol. The molecule has 84 valence electrons. The molecular formula is C11H16ClFN2. The van der Waals surface area contributed by atoms with Crippen molar-refractivity contribution in [2.45, 2.75) is 13.0 Å². The lowest BCUT2D eigenvalue weighted by atomic mass is 10.2. The molecule has 0 radical (unpaired) electrons. The molecule has 4 heteroatoms. The van der Waals surface area contributed by atoms with Crippen molar-refractivity contribution < 1.29 is 4.39 Å². The van der Waals surface area contributed by atoms with Crippen LogP contribution in [-0.4, -0.2) is 25.0 Å². The van der Waals surface area contributed by atoms with Crippen LogP contribution in [0.25, 0.3) is 0 Å². The molecule has 0 unspecified atom stereocenters. The quantitative estimate of drug-likeness (QED) is 0.841. The summed E-state index contributed by atoms with van der Waals surface area (Å²) in [6.45, 7) is 2.21. The van der Waals surface area contributed by atoms with Crippen molar-refractivity contribution in [2.75, 3.05) is 20.1 Å². The summed E-state index contributed by atoms with van der Waals surface area (Å²) in [4.78, 5) is 2.08. The average Bonchev–Trinajstić information content (AvgIpc) is 2.22. The SMILES string of the molecule is CN(CCCN)Cc1cccc(F)c1Cl. The van der Waals surface area contributed by atoms with Crippen molar-refractivity contribution in [1.82, 2.24) is 4.90 Å². The maximum absolute atomic E-state index is 13.1. The van der Waals surface area contributed by atoms with Crippen LogP contribution in [0, 0.1) is 5.82 Å². The van der Waals surface area contributed by atoms with Crippen LogP contribution >= 0.6 is 11.6 Å². The van der Waals surface area contributed by atoms with E-state index in [2.05, 4.69) is 4.90 Å². The molecule has 0 aliphatic heterocycles. The Balaban J connectivity index is 2.60. The van der Waals surface area contributed by atoms with Gasteiger partial charge in [0.05, 0.1) is 5.02 Å². The Morgan fingerprint density at radius 3 is 2.87 bits per heavy atom. The van der Waals surface area contributed by atoms with E-state index in [1.54, 1.807) is 6.07 Å². The zero-order valence-electron chi connectivity index (χ0n) is 8.84. The van der Waals surface area contributed by atoms with Gasteiger partial charge in [0.25, 0.3) is 0 Å². The Morgan fingerprint density at radius 2 is 2.20 bits per heavy atom. The Kier molecular flexibility index (Phi) is 5.02. The van der Waals surface area contributed by atoms with E-state index in [1.807, 2.05) is 13.1 Å². The standard InChI is InChI=1S/C11H16ClFN2/c1-15(7-3-6-14)8-9-4-2-5-10(13)11(9)12/h2,4-5H,3,6-8,14H2,1H3. The first kappa shape index (κ1) is 12.4. The molecule has 0 bridgehead atoms. The normalized spacial score (nSPS) is 11.0. The van der Waals surface area contributed by atoms with Crippen molar-refractivity contribution in [1.29, 1.82) is 0 Å². The van der Waals surface area contributed by atoms with Gasteiger partial charge >= 0.3 is 0 Å². The Labute approximate surface area is 94.8 Å². The molecule has 1 rings (SSSR count). The lowest BCUT2D eigenvalue weighted by Gasteiger charge is -2.16. The first-order chi connectivity index (χ1) is 7.15. The van der Waals surface area contributed by atoms with E-state index in [0.29, 0.717) is 13.1 Å². The molecule has 0 atom stereocenters. The third-order valence-electron chi connectivity index (χ3n) is 2.22. The van der Waals surface area contributed by atoms with Gasteiger partial charge in [-0.25, -0.2) is 4.39 Å². The van der Waals surface area contributed by atoms with Crippen molar-refractivity contribution in [3.05, 3.63) is 34.6 Å². The summed E-state index contributed by atoms with van der Waals surface area (Å²) in [6, 6.07) is 4.88. The summed E-state index contributed by atoms with van der Waals surface area (Å²) in [5.41, 5.74) is 6.23. The fourth-order valence-electron chi connectivity index (χ4n) is 1.40. The fraction of sp³-hybridized carbons (Fsp3) is 0.455. The topological polar surface area (TPSA) is 29.3 Å². The number of rotatable bonds is 5. The highest BCUT2D eigenvalue weighted by Crippen LogP contribution is 2.20. The van der Waals surface area contributed by atoms with Gasteiger partial charge < -0.3 is 10.6 Å². The van der Waals surface area contributed by atoms with E-state index in [-0.39, 0.29) is 10.8 Å². The van der Waals surface area contributed by atoms with Gasteiger partial charge in [-0.1, -0.05) is 23.7 Å². The van der Waals surface area contributed by atoms with Crippen molar-refractivity contribution in [2.24, 2.45) is 5.73 Å². The number of nitrogens with zero attached hydrogens (tertiary/aromatic N) is 1. The molecule has 2 nitrogen and oxygen atoms in total. The molecule has 1 aromatic carbocycles. The molecule has 0 amide bonds. The summed E-state index contributed by atoms with van der Waals surface area (Å²) < 4.78 is 13.1. The lowest BCUT2D eigenvalue weighted by Crippen LogP contribution is -2.21. The van der Waals surface area contributed by atoms with Crippen LogP contribution in [0.5, 0.6) is 0 Å². The van der Waals surface area contributed by atoms with Gasteiger partial charge in [0.2, 0.25) is 0 Å². The first-order valence-electron chi connectivity index (χ1n) is 4.96. The van der Waals surface area contributed by atoms with E-state index in [9.17, 15) is 4.39 Å².